The van der Waals surface area contributed by atoms with E-state index in [9.17, 15) is 9.59 Å². The third-order valence-corrected chi connectivity index (χ3v) is 4.64. The Balaban J connectivity index is 2.74. The highest BCUT2D eigenvalue weighted by Crippen LogP contribution is 2.47. The van der Waals surface area contributed by atoms with E-state index >= 15 is 0 Å². The van der Waals surface area contributed by atoms with E-state index in [1.165, 1.54) is 0 Å². The van der Waals surface area contributed by atoms with Gasteiger partial charge >= 0.3 is 11.9 Å². The summed E-state index contributed by atoms with van der Waals surface area (Å²) < 4.78 is 22.5. The lowest BCUT2D eigenvalue weighted by Crippen LogP contribution is -2.23. The summed E-state index contributed by atoms with van der Waals surface area (Å²) in [4.78, 5) is 24.1. The molecule has 0 aliphatic rings. The lowest BCUT2D eigenvalue weighted by molar-refractivity contribution is -0.129. The minimum absolute atomic E-state index is 0.280. The topological polar surface area (TPSA) is 71.1 Å². The fraction of sp³-hybridized carbons (Fsp3) is 0.280. The van der Waals surface area contributed by atoms with Crippen LogP contribution >= 0.6 is 0 Å². The molecule has 0 aromatic heterocycles. The Labute approximate surface area is 183 Å². The van der Waals surface area contributed by atoms with Gasteiger partial charge in [0.2, 0.25) is 0 Å². The number of hydrogen-bond acceptors (Lipinski definition) is 6. The van der Waals surface area contributed by atoms with Crippen LogP contribution in [-0.4, -0.2) is 25.2 Å². The summed E-state index contributed by atoms with van der Waals surface area (Å²) in [7, 11) is 0. The molecule has 0 aliphatic carbocycles. The lowest BCUT2D eigenvalue weighted by Gasteiger charge is -2.30. The molecule has 0 atom stereocenters. The predicted molar refractivity (Wildman–Crippen MR) is 119 cm³/mol. The second kappa shape index (κ2) is 10.5. The van der Waals surface area contributed by atoms with Crippen molar-refractivity contribution < 1.29 is 28.5 Å². The van der Waals surface area contributed by atoms with Gasteiger partial charge < -0.3 is 18.9 Å². The highest BCUT2D eigenvalue weighted by Gasteiger charge is 2.34. The van der Waals surface area contributed by atoms with Gasteiger partial charge in [0, 0.05) is 28.7 Å². The maximum absolute atomic E-state index is 12.0. The molecule has 2 aromatic rings. The molecule has 0 spiro atoms. The molecule has 6 heteroatoms. The number of esters is 2. The second-order valence-corrected chi connectivity index (χ2v) is 7.01. The number of para-hydroxylation sites is 2. The molecule has 0 heterocycles. The van der Waals surface area contributed by atoms with Gasteiger partial charge in [-0.15, -0.1) is 0 Å². The Kier molecular flexibility index (Phi) is 8.02. The minimum Gasteiger partial charge on any atom is -0.490 e. The minimum atomic E-state index is -0.770. The van der Waals surface area contributed by atoms with E-state index in [1.807, 2.05) is 52.0 Å². The molecule has 0 aliphatic heterocycles. The van der Waals surface area contributed by atoms with E-state index < -0.39 is 17.4 Å². The van der Waals surface area contributed by atoms with Crippen molar-refractivity contribution in [3.8, 4) is 23.0 Å². The van der Waals surface area contributed by atoms with Crippen LogP contribution in [0.25, 0.3) is 0 Å². The maximum atomic E-state index is 12.0. The van der Waals surface area contributed by atoms with Crippen LogP contribution in [-0.2, 0) is 15.0 Å². The van der Waals surface area contributed by atoms with Crippen molar-refractivity contribution in [2.24, 2.45) is 0 Å². The van der Waals surface area contributed by atoms with Gasteiger partial charge in [-0.25, -0.2) is 9.59 Å². The predicted octanol–water partition coefficient (Wildman–Crippen LogP) is 4.99. The fourth-order valence-electron chi connectivity index (χ4n) is 3.19. The van der Waals surface area contributed by atoms with Gasteiger partial charge in [-0.05, 0) is 26.0 Å². The second-order valence-electron chi connectivity index (χ2n) is 7.01. The van der Waals surface area contributed by atoms with Crippen molar-refractivity contribution in [3.05, 3.63) is 72.8 Å². The van der Waals surface area contributed by atoms with E-state index in [2.05, 4.69) is 13.2 Å². The third-order valence-electron chi connectivity index (χ3n) is 4.64. The molecule has 0 bridgehead atoms. The molecular weight excluding hydrogens is 396 g/mol. The molecule has 0 unspecified atom stereocenters. The normalized spacial score (nSPS) is 10.7. The number of rotatable bonds is 10. The molecule has 0 saturated heterocycles. The van der Waals surface area contributed by atoms with Crippen LogP contribution in [0.1, 0.15) is 38.8 Å². The van der Waals surface area contributed by atoms with Crippen molar-refractivity contribution in [1.29, 1.82) is 0 Å². The number of carbonyl (C=O) groups is 2. The molecule has 0 N–H and O–H groups in total. The molecule has 164 valence electrons. The van der Waals surface area contributed by atoms with Crippen LogP contribution in [0.4, 0.5) is 0 Å². The summed E-state index contributed by atoms with van der Waals surface area (Å²) in [6, 6.07) is 10.7. The van der Waals surface area contributed by atoms with Gasteiger partial charge in [-0.3, -0.25) is 0 Å². The first-order valence-corrected chi connectivity index (χ1v) is 10.0. The van der Waals surface area contributed by atoms with Crippen LogP contribution < -0.4 is 18.9 Å². The molecule has 0 saturated carbocycles. The number of carbonyl (C=O) groups excluding carboxylic acids is 2. The van der Waals surface area contributed by atoms with Gasteiger partial charge in [0.15, 0.2) is 23.0 Å². The van der Waals surface area contributed by atoms with Crippen molar-refractivity contribution in [2.45, 2.75) is 33.1 Å². The van der Waals surface area contributed by atoms with Crippen molar-refractivity contribution in [2.75, 3.05) is 13.2 Å². The molecule has 0 fully saturated rings. The molecule has 0 radical (unpaired) electrons. The maximum Gasteiger partial charge on any atom is 0.335 e. The smallest absolute Gasteiger partial charge is 0.335 e. The summed E-state index contributed by atoms with van der Waals surface area (Å²) >= 11 is 0. The van der Waals surface area contributed by atoms with E-state index in [1.54, 1.807) is 12.1 Å². The molecule has 31 heavy (non-hydrogen) atoms. The average Bonchev–Trinajstić information content (AvgIpc) is 2.75. The van der Waals surface area contributed by atoms with E-state index in [4.69, 9.17) is 18.9 Å². The van der Waals surface area contributed by atoms with E-state index in [-0.39, 0.29) is 11.5 Å². The number of benzene rings is 2. The molecule has 0 amide bonds. The summed E-state index contributed by atoms with van der Waals surface area (Å²) in [5, 5.41) is 0. The van der Waals surface area contributed by atoms with Gasteiger partial charge in [-0.1, -0.05) is 51.3 Å². The molecular formula is C25H28O6. The fourth-order valence-corrected chi connectivity index (χ4v) is 3.19. The van der Waals surface area contributed by atoms with Crippen molar-refractivity contribution in [1.82, 2.24) is 0 Å². The summed E-state index contributed by atoms with van der Waals surface area (Å²) in [6.07, 6.45) is 2.18. The zero-order chi connectivity index (χ0) is 23.0. The lowest BCUT2D eigenvalue weighted by atomic mass is 9.77. The standard InChI is InChI=1S/C25H28O6/c1-7-21(26)30-23-17(13-11-15-19(23)28-9-3)25(5,6)18-14-12-16-20(29-10-4)24(18)31-22(27)8-2/h7-8,11-16H,1-2,9-10H2,3-6H3. The Bertz CT molecular complexity index is 896. The zero-order valence-electron chi connectivity index (χ0n) is 18.4. The molecule has 2 aromatic carbocycles. The van der Waals surface area contributed by atoms with Crippen molar-refractivity contribution in [3.63, 3.8) is 0 Å². The highest BCUT2D eigenvalue weighted by molar-refractivity contribution is 5.85. The van der Waals surface area contributed by atoms with Crippen LogP contribution in [0.2, 0.25) is 0 Å². The number of ether oxygens (including phenoxy) is 4. The van der Waals surface area contributed by atoms with Crippen LogP contribution in [0.5, 0.6) is 23.0 Å². The quantitative estimate of drug-likeness (QED) is 0.304. The third kappa shape index (κ3) is 5.34. The highest BCUT2D eigenvalue weighted by atomic mass is 16.6. The van der Waals surface area contributed by atoms with Gasteiger partial charge in [0.25, 0.3) is 0 Å². The van der Waals surface area contributed by atoms with Crippen LogP contribution in [0.3, 0.4) is 0 Å². The molecule has 2 rings (SSSR count). The Morgan fingerprint density at radius 1 is 0.806 bits per heavy atom. The zero-order valence-corrected chi connectivity index (χ0v) is 18.4. The Hall–Kier alpha value is -3.54. The van der Waals surface area contributed by atoms with E-state index in [0.717, 1.165) is 12.2 Å². The Morgan fingerprint density at radius 3 is 1.52 bits per heavy atom. The van der Waals surface area contributed by atoms with Gasteiger partial charge in [0.05, 0.1) is 13.2 Å². The van der Waals surface area contributed by atoms with Gasteiger partial charge in [-0.2, -0.15) is 0 Å². The monoisotopic (exact) mass is 424 g/mol. The largest absolute Gasteiger partial charge is 0.490 e. The summed E-state index contributed by atoms with van der Waals surface area (Å²) in [5.74, 6) is 0.197. The average molecular weight is 424 g/mol. The van der Waals surface area contributed by atoms with Gasteiger partial charge in [0.1, 0.15) is 0 Å². The molecule has 6 nitrogen and oxygen atoms in total. The van der Waals surface area contributed by atoms with Crippen LogP contribution in [0, 0.1) is 0 Å². The number of hydrogen-bond donors (Lipinski definition) is 0. The first-order valence-electron chi connectivity index (χ1n) is 10.0. The SMILES string of the molecule is C=CC(=O)Oc1c(OCC)cccc1C(C)(C)c1cccc(OCC)c1OC(=O)C=C. The first kappa shape index (κ1) is 23.7. The van der Waals surface area contributed by atoms with Crippen molar-refractivity contribution >= 4 is 11.9 Å². The Morgan fingerprint density at radius 2 is 1.19 bits per heavy atom. The summed E-state index contributed by atoms with van der Waals surface area (Å²) in [5.41, 5.74) is 0.560. The van der Waals surface area contributed by atoms with E-state index in [0.29, 0.717) is 35.8 Å². The summed E-state index contributed by atoms with van der Waals surface area (Å²) in [6.45, 7) is 15.3. The first-order chi connectivity index (χ1) is 14.8. The van der Waals surface area contributed by atoms with Crippen LogP contribution in [0.15, 0.2) is 61.7 Å².